The molecule has 8 nitrogen and oxygen atoms in total. The number of nitrogens with zero attached hydrogens (tertiary/aromatic N) is 5. The molecule has 1 N–H and O–H groups in total. The van der Waals surface area contributed by atoms with Crippen molar-refractivity contribution in [2.75, 3.05) is 7.11 Å². The quantitative estimate of drug-likeness (QED) is 0.616. The summed E-state index contributed by atoms with van der Waals surface area (Å²) >= 11 is 0. The van der Waals surface area contributed by atoms with Gasteiger partial charge in [0.15, 0.2) is 5.82 Å². The maximum atomic E-state index is 5.35. The van der Waals surface area contributed by atoms with E-state index < -0.39 is 0 Å². The number of pyridine rings is 1. The normalized spacial score (nSPS) is 10.7. The number of rotatable bonds is 4. The number of hydrogen-bond donors (Lipinski definition) is 1. The lowest BCUT2D eigenvalue weighted by Gasteiger charge is -2.01. The van der Waals surface area contributed by atoms with Crippen molar-refractivity contribution < 1.29 is 9.26 Å². The second-order valence-electron chi connectivity index (χ2n) is 4.89. The van der Waals surface area contributed by atoms with E-state index in [-0.39, 0.29) is 0 Å². The number of aromatic amines is 1. The molecular formula is C16H12N6O2. The summed E-state index contributed by atoms with van der Waals surface area (Å²) < 4.78 is 10.6. The summed E-state index contributed by atoms with van der Waals surface area (Å²) in [6, 6.07) is 11.2. The van der Waals surface area contributed by atoms with Crippen LogP contribution in [-0.2, 0) is 0 Å². The Balaban J connectivity index is 1.65. The lowest BCUT2D eigenvalue weighted by atomic mass is 10.1. The molecule has 8 heteroatoms. The molecule has 3 heterocycles. The Morgan fingerprint density at radius 1 is 1.04 bits per heavy atom. The smallest absolute Gasteiger partial charge is 0.258 e. The molecule has 0 radical (unpaired) electrons. The topological polar surface area (TPSA) is 103 Å². The summed E-state index contributed by atoms with van der Waals surface area (Å²) in [7, 11) is 1.55. The Kier molecular flexibility index (Phi) is 3.47. The summed E-state index contributed by atoms with van der Waals surface area (Å²) in [5, 5.41) is 10.7. The van der Waals surface area contributed by atoms with E-state index in [1.807, 2.05) is 30.3 Å². The molecule has 0 aliphatic carbocycles. The highest BCUT2D eigenvalue weighted by molar-refractivity contribution is 5.65. The van der Waals surface area contributed by atoms with Crippen molar-refractivity contribution in [1.82, 2.24) is 30.3 Å². The molecule has 0 aliphatic rings. The largest absolute Gasteiger partial charge is 0.480 e. The van der Waals surface area contributed by atoms with Crippen LogP contribution in [0, 0.1) is 0 Å². The van der Waals surface area contributed by atoms with Gasteiger partial charge < -0.3 is 9.26 Å². The van der Waals surface area contributed by atoms with Gasteiger partial charge in [0, 0.05) is 17.3 Å². The zero-order valence-corrected chi connectivity index (χ0v) is 12.7. The van der Waals surface area contributed by atoms with Gasteiger partial charge in [-0.3, -0.25) is 5.10 Å². The van der Waals surface area contributed by atoms with Gasteiger partial charge in [-0.15, -0.1) is 0 Å². The molecule has 0 fully saturated rings. The lowest BCUT2D eigenvalue weighted by Crippen LogP contribution is -1.91. The number of aromatic nitrogens is 6. The molecule has 0 amide bonds. The van der Waals surface area contributed by atoms with Crippen LogP contribution >= 0.6 is 0 Å². The highest BCUT2D eigenvalue weighted by Gasteiger charge is 2.15. The lowest BCUT2D eigenvalue weighted by molar-refractivity contribution is 0.398. The summed E-state index contributed by atoms with van der Waals surface area (Å²) in [5.41, 5.74) is 2.40. The fourth-order valence-corrected chi connectivity index (χ4v) is 2.29. The Morgan fingerprint density at radius 2 is 1.88 bits per heavy atom. The summed E-state index contributed by atoms with van der Waals surface area (Å²) in [5.74, 6) is 1.99. The van der Waals surface area contributed by atoms with Crippen LogP contribution in [0.25, 0.3) is 34.2 Å². The van der Waals surface area contributed by atoms with Gasteiger partial charge in [-0.2, -0.15) is 10.1 Å². The van der Waals surface area contributed by atoms with Crippen LogP contribution < -0.4 is 4.74 Å². The van der Waals surface area contributed by atoms with E-state index in [2.05, 4.69) is 30.3 Å². The molecule has 3 aromatic heterocycles. The minimum Gasteiger partial charge on any atom is -0.480 e. The predicted octanol–water partition coefficient (Wildman–Crippen LogP) is 2.59. The molecule has 4 aromatic rings. The van der Waals surface area contributed by atoms with E-state index in [1.165, 1.54) is 6.33 Å². The minimum atomic E-state index is 0.417. The number of nitrogens with one attached hydrogen (secondary N) is 1. The highest BCUT2D eigenvalue weighted by atomic mass is 16.5. The summed E-state index contributed by atoms with van der Waals surface area (Å²) in [6.45, 7) is 0. The third-order valence-corrected chi connectivity index (χ3v) is 3.45. The van der Waals surface area contributed by atoms with Crippen LogP contribution in [0.5, 0.6) is 5.88 Å². The monoisotopic (exact) mass is 320 g/mol. The summed E-state index contributed by atoms with van der Waals surface area (Å²) in [4.78, 5) is 12.7. The third-order valence-electron chi connectivity index (χ3n) is 3.45. The molecule has 0 spiro atoms. The van der Waals surface area contributed by atoms with Crippen LogP contribution in [-0.4, -0.2) is 37.4 Å². The zero-order chi connectivity index (χ0) is 16.4. The van der Waals surface area contributed by atoms with Crippen LogP contribution in [0.1, 0.15) is 0 Å². The van der Waals surface area contributed by atoms with Gasteiger partial charge in [-0.05, 0) is 24.3 Å². The Bertz CT molecular complexity index is 947. The maximum Gasteiger partial charge on any atom is 0.258 e. The number of ether oxygens (including phenoxy) is 1. The van der Waals surface area contributed by atoms with Crippen molar-refractivity contribution in [1.29, 1.82) is 0 Å². The van der Waals surface area contributed by atoms with Crippen molar-refractivity contribution in [3.05, 3.63) is 48.9 Å². The van der Waals surface area contributed by atoms with E-state index in [4.69, 9.17) is 9.26 Å². The number of benzene rings is 1. The fourth-order valence-electron chi connectivity index (χ4n) is 2.29. The second kappa shape index (κ2) is 5.92. The van der Waals surface area contributed by atoms with Crippen LogP contribution in [0.15, 0.2) is 53.4 Å². The first kappa shape index (κ1) is 14.1. The Hall–Kier alpha value is -3.55. The van der Waals surface area contributed by atoms with Crippen LogP contribution in [0.3, 0.4) is 0 Å². The number of hydrogen-bond acceptors (Lipinski definition) is 7. The van der Waals surface area contributed by atoms with Gasteiger partial charge in [0.05, 0.1) is 12.7 Å². The first-order valence-electron chi connectivity index (χ1n) is 7.14. The van der Waals surface area contributed by atoms with Gasteiger partial charge in [-0.25, -0.2) is 9.97 Å². The van der Waals surface area contributed by atoms with E-state index in [9.17, 15) is 0 Å². The van der Waals surface area contributed by atoms with Gasteiger partial charge >= 0.3 is 0 Å². The molecule has 0 aliphatic heterocycles. The van der Waals surface area contributed by atoms with Gasteiger partial charge in [0.25, 0.3) is 5.89 Å². The number of H-pyrrole nitrogens is 1. The average Bonchev–Trinajstić information content (AvgIpc) is 3.34. The Labute approximate surface area is 136 Å². The number of methoxy groups -OCH3 is 1. The van der Waals surface area contributed by atoms with Crippen LogP contribution in [0.4, 0.5) is 0 Å². The minimum absolute atomic E-state index is 0.417. The van der Waals surface area contributed by atoms with E-state index in [0.29, 0.717) is 29.0 Å². The standard InChI is InChI=1S/C16H12N6O2/c1-23-16-12(3-2-8-17-16)14-20-15(24-22-14)11-6-4-10(5-7-11)13-18-9-19-21-13/h2-9H,1H3,(H,18,19,21). The second-order valence-corrected chi connectivity index (χ2v) is 4.89. The molecule has 0 saturated heterocycles. The first-order chi connectivity index (χ1) is 11.8. The van der Waals surface area contributed by atoms with Crippen molar-refractivity contribution in [2.24, 2.45) is 0 Å². The van der Waals surface area contributed by atoms with Crippen LogP contribution in [0.2, 0.25) is 0 Å². The third kappa shape index (κ3) is 2.50. The van der Waals surface area contributed by atoms with Gasteiger partial charge in [-0.1, -0.05) is 17.3 Å². The molecule has 0 atom stereocenters. The predicted molar refractivity (Wildman–Crippen MR) is 84.9 cm³/mol. The molecule has 0 unspecified atom stereocenters. The molecule has 4 rings (SSSR count). The Morgan fingerprint density at radius 3 is 2.62 bits per heavy atom. The molecule has 1 aromatic carbocycles. The first-order valence-corrected chi connectivity index (χ1v) is 7.14. The van der Waals surface area contributed by atoms with E-state index in [1.54, 1.807) is 19.4 Å². The molecular weight excluding hydrogens is 308 g/mol. The van der Waals surface area contributed by atoms with Gasteiger partial charge in [0.2, 0.25) is 11.7 Å². The van der Waals surface area contributed by atoms with Gasteiger partial charge in [0.1, 0.15) is 6.33 Å². The molecule has 24 heavy (non-hydrogen) atoms. The molecule has 118 valence electrons. The highest BCUT2D eigenvalue weighted by Crippen LogP contribution is 2.28. The fraction of sp³-hybridized carbons (Fsp3) is 0.0625. The summed E-state index contributed by atoms with van der Waals surface area (Å²) in [6.07, 6.45) is 3.11. The van der Waals surface area contributed by atoms with E-state index in [0.717, 1.165) is 11.1 Å². The van der Waals surface area contributed by atoms with Crippen molar-refractivity contribution in [3.8, 4) is 40.1 Å². The van der Waals surface area contributed by atoms with Crippen molar-refractivity contribution >= 4 is 0 Å². The SMILES string of the molecule is COc1ncccc1-c1noc(-c2ccc(-c3ncn[nH]3)cc2)n1. The van der Waals surface area contributed by atoms with Crippen molar-refractivity contribution in [2.45, 2.75) is 0 Å². The van der Waals surface area contributed by atoms with E-state index >= 15 is 0 Å². The average molecular weight is 320 g/mol. The molecule has 0 saturated carbocycles. The zero-order valence-electron chi connectivity index (χ0n) is 12.7. The maximum absolute atomic E-state index is 5.35. The van der Waals surface area contributed by atoms with Crippen molar-refractivity contribution in [3.63, 3.8) is 0 Å². The molecule has 0 bridgehead atoms.